The van der Waals surface area contributed by atoms with Crippen LogP contribution < -0.4 is 14.9 Å². The summed E-state index contributed by atoms with van der Waals surface area (Å²) in [7, 11) is 0. The van der Waals surface area contributed by atoms with Gasteiger partial charge in [0.15, 0.2) is 0 Å². The van der Waals surface area contributed by atoms with E-state index < -0.39 is 0 Å². The molecule has 0 spiro atoms. The monoisotopic (exact) mass is 674 g/mol. The van der Waals surface area contributed by atoms with Crippen molar-refractivity contribution in [1.29, 1.82) is 0 Å². The molecule has 0 aliphatic carbocycles. The molecule has 0 atom stereocenters. The van der Waals surface area contributed by atoms with Crippen LogP contribution in [0.25, 0.3) is 0 Å². The fraction of sp³-hybridized carbons (Fsp3) is 0.500. The number of amides is 3. The number of nitrogens with zero attached hydrogens (tertiary/aromatic N) is 6. The predicted molar refractivity (Wildman–Crippen MR) is 195 cm³/mol. The molecule has 0 saturated carbocycles. The number of ether oxygens (including phenoxy) is 1. The third-order valence-electron chi connectivity index (χ3n) is 9.54. The number of benzene rings is 2. The molecule has 0 aromatic heterocycles. The maximum Gasteiger partial charge on any atom is 0.323 e. The van der Waals surface area contributed by atoms with Gasteiger partial charge in [0.25, 0.3) is 5.91 Å². The van der Waals surface area contributed by atoms with Crippen LogP contribution in [0.3, 0.4) is 0 Å². The molecule has 4 aliphatic heterocycles. The van der Waals surface area contributed by atoms with Gasteiger partial charge in [0, 0.05) is 100 Å². The maximum atomic E-state index is 13.0. The number of piperazine rings is 1. The van der Waals surface area contributed by atoms with Crippen LogP contribution in [0.15, 0.2) is 71.5 Å². The van der Waals surface area contributed by atoms with Gasteiger partial charge in [0.05, 0.1) is 29.6 Å². The number of carbonyl (C=O) groups excluding carboxylic acids is 2. The molecule has 11 nitrogen and oxygen atoms in total. The molecule has 0 bridgehead atoms. The summed E-state index contributed by atoms with van der Waals surface area (Å²) in [6.45, 7) is 18.5. The molecule has 12 heteroatoms. The number of nitrogens with one attached hydrogen (secondary N) is 2. The molecule has 3 amide bonds. The Morgan fingerprint density at radius 2 is 1.46 bits per heavy atom. The van der Waals surface area contributed by atoms with Crippen molar-refractivity contribution in [2.75, 3.05) is 100 Å². The first kappa shape index (κ1) is 34.2. The molecule has 0 unspecified atom stereocenters. The van der Waals surface area contributed by atoms with Crippen molar-refractivity contribution in [3.63, 3.8) is 0 Å². The lowest BCUT2D eigenvalue weighted by Crippen LogP contribution is -2.50. The smallest absolute Gasteiger partial charge is 0.323 e. The third kappa shape index (κ3) is 8.65. The first-order valence-electron chi connectivity index (χ1n) is 17.4. The van der Waals surface area contributed by atoms with Crippen molar-refractivity contribution < 1.29 is 14.3 Å². The van der Waals surface area contributed by atoms with Crippen LogP contribution in [0.1, 0.15) is 37.6 Å². The molecule has 3 fully saturated rings. The predicted octanol–water partition coefficient (Wildman–Crippen LogP) is 5.01. The highest BCUT2D eigenvalue weighted by Gasteiger charge is 2.26. The Balaban J connectivity index is 1.06. The van der Waals surface area contributed by atoms with Gasteiger partial charge in [0.1, 0.15) is 0 Å². The number of carbonyl (C=O) groups is 2. The molecule has 4 aliphatic rings. The Labute approximate surface area is 289 Å². The van der Waals surface area contributed by atoms with Crippen LogP contribution in [0, 0.1) is 0 Å². The minimum absolute atomic E-state index is 0.0328. The number of hydrogen-bond donors (Lipinski definition) is 2. The van der Waals surface area contributed by atoms with E-state index in [1.807, 2.05) is 29.2 Å². The zero-order valence-corrected chi connectivity index (χ0v) is 29.4. The summed E-state index contributed by atoms with van der Waals surface area (Å²) in [5, 5.41) is 7.07. The van der Waals surface area contributed by atoms with E-state index >= 15 is 0 Å². The Bertz CT molecular complexity index is 1450. The Morgan fingerprint density at radius 1 is 0.792 bits per heavy atom. The van der Waals surface area contributed by atoms with E-state index in [0.29, 0.717) is 23.0 Å². The summed E-state index contributed by atoms with van der Waals surface area (Å²) in [6, 6.07) is 15.2. The lowest BCUT2D eigenvalue weighted by molar-refractivity contribution is 0.0575. The van der Waals surface area contributed by atoms with E-state index in [9.17, 15) is 9.59 Å². The summed E-state index contributed by atoms with van der Waals surface area (Å²) < 4.78 is 7.87. The average Bonchev–Trinajstić information content (AvgIpc) is 3.38. The molecule has 258 valence electrons. The molecule has 4 heterocycles. The molecule has 2 aromatic carbocycles. The standard InChI is InChI=1S/C36H50N8O3S/c1-4-39-14-5-15-41(17-16-39)33-26-34(42-22-24-47-25-23-42)48-44(27-33)32-12-10-31(11-13-32)38-36(46)37-30-8-6-29(7-9-30)35(45)43-20-18-40(19-21-43)28(2)3/h6-13,26-28H,4-5,14-25H2,1-3H3,(H2,37,38,46). The van der Waals surface area contributed by atoms with E-state index in [-0.39, 0.29) is 11.9 Å². The zero-order valence-electron chi connectivity index (χ0n) is 28.6. The summed E-state index contributed by atoms with van der Waals surface area (Å²) in [6.07, 6.45) is 5.73. The molecule has 2 aromatic rings. The van der Waals surface area contributed by atoms with Crippen molar-refractivity contribution in [2.45, 2.75) is 33.2 Å². The van der Waals surface area contributed by atoms with E-state index in [2.05, 4.69) is 67.6 Å². The molecule has 0 radical (unpaired) electrons. The number of allylic oxidation sites excluding steroid dienone is 1. The van der Waals surface area contributed by atoms with Gasteiger partial charge in [-0.25, -0.2) is 4.79 Å². The largest absolute Gasteiger partial charge is 0.378 e. The van der Waals surface area contributed by atoms with Gasteiger partial charge in [-0.2, -0.15) is 0 Å². The Hall–Kier alpha value is -3.71. The normalized spacial score (nSPS) is 19.9. The van der Waals surface area contributed by atoms with Gasteiger partial charge in [-0.05, 0) is 88.0 Å². The summed E-state index contributed by atoms with van der Waals surface area (Å²) in [4.78, 5) is 37.6. The van der Waals surface area contributed by atoms with Gasteiger partial charge in [-0.3, -0.25) is 14.0 Å². The average molecular weight is 675 g/mol. The molecular formula is C36H50N8O3S. The first-order chi connectivity index (χ1) is 23.4. The fourth-order valence-electron chi connectivity index (χ4n) is 6.52. The number of urea groups is 1. The highest BCUT2D eigenvalue weighted by Crippen LogP contribution is 2.37. The second kappa shape index (κ2) is 16.1. The molecule has 2 N–H and O–H groups in total. The highest BCUT2D eigenvalue weighted by molar-refractivity contribution is 8.04. The van der Waals surface area contributed by atoms with Crippen LogP contribution in [0.4, 0.5) is 21.9 Å². The Morgan fingerprint density at radius 3 is 2.10 bits per heavy atom. The third-order valence-corrected chi connectivity index (χ3v) is 10.6. The number of hydrogen-bond acceptors (Lipinski definition) is 9. The lowest BCUT2D eigenvalue weighted by Gasteiger charge is -2.37. The number of likely N-dealkylation sites (N-methyl/N-ethyl adjacent to an activating group) is 1. The zero-order chi connectivity index (χ0) is 33.5. The summed E-state index contributed by atoms with van der Waals surface area (Å²) in [5.74, 6) is 0.0328. The molecule has 48 heavy (non-hydrogen) atoms. The van der Waals surface area contributed by atoms with E-state index in [4.69, 9.17) is 4.74 Å². The van der Waals surface area contributed by atoms with Gasteiger partial charge in [-0.1, -0.05) is 6.92 Å². The van der Waals surface area contributed by atoms with Gasteiger partial charge < -0.3 is 35.0 Å². The van der Waals surface area contributed by atoms with Crippen molar-refractivity contribution in [3.05, 3.63) is 77.1 Å². The topological polar surface area (TPSA) is 86.9 Å². The van der Waals surface area contributed by atoms with Crippen LogP contribution in [0.5, 0.6) is 0 Å². The fourth-order valence-corrected chi connectivity index (χ4v) is 7.58. The molecular weight excluding hydrogens is 625 g/mol. The quantitative estimate of drug-likeness (QED) is 0.376. The van der Waals surface area contributed by atoms with Gasteiger partial charge in [0.2, 0.25) is 0 Å². The molecule has 6 rings (SSSR count). The Kier molecular flexibility index (Phi) is 11.5. The number of rotatable bonds is 8. The summed E-state index contributed by atoms with van der Waals surface area (Å²) in [5.41, 5.74) is 4.23. The second-order valence-corrected chi connectivity index (χ2v) is 13.9. The van der Waals surface area contributed by atoms with Crippen LogP contribution in [-0.2, 0) is 4.74 Å². The number of morpholine rings is 1. The first-order valence-corrected chi connectivity index (χ1v) is 18.2. The SMILES string of the molecule is CCN1CCCN(C2=CN(c3ccc(NC(=O)Nc4ccc(C(=O)N5CCN(C(C)C)CC5)cc4)cc3)SC(N3CCOCC3)=C2)CC1. The molecule has 3 saturated heterocycles. The maximum absolute atomic E-state index is 13.0. The van der Waals surface area contributed by atoms with E-state index in [1.54, 1.807) is 36.2 Å². The van der Waals surface area contributed by atoms with Crippen LogP contribution in [0.2, 0.25) is 0 Å². The lowest BCUT2D eigenvalue weighted by atomic mass is 10.1. The van der Waals surface area contributed by atoms with Crippen molar-refractivity contribution >= 4 is 40.9 Å². The highest BCUT2D eigenvalue weighted by atomic mass is 32.2. The summed E-state index contributed by atoms with van der Waals surface area (Å²) >= 11 is 1.73. The second-order valence-electron chi connectivity index (χ2n) is 13.0. The van der Waals surface area contributed by atoms with Crippen LogP contribution >= 0.6 is 11.9 Å². The van der Waals surface area contributed by atoms with Crippen molar-refractivity contribution in [2.24, 2.45) is 0 Å². The van der Waals surface area contributed by atoms with Gasteiger partial charge >= 0.3 is 6.03 Å². The minimum Gasteiger partial charge on any atom is -0.378 e. The van der Waals surface area contributed by atoms with Crippen LogP contribution in [-0.4, -0.2) is 128 Å². The van der Waals surface area contributed by atoms with Crippen molar-refractivity contribution in [3.8, 4) is 0 Å². The minimum atomic E-state index is -0.332. The number of anilines is 3. The van der Waals surface area contributed by atoms with E-state index in [1.165, 1.54) is 10.7 Å². The van der Waals surface area contributed by atoms with Gasteiger partial charge in [-0.15, -0.1) is 0 Å². The van der Waals surface area contributed by atoms with E-state index in [0.717, 1.165) is 97.3 Å². The van der Waals surface area contributed by atoms with Crippen molar-refractivity contribution in [1.82, 2.24) is 24.5 Å².